The maximum atomic E-state index is 13.4. The molecule has 1 atom stereocenters. The van der Waals surface area contributed by atoms with Crippen LogP contribution < -0.4 is 14.4 Å². The third-order valence-corrected chi connectivity index (χ3v) is 7.12. The number of ether oxygens (including phenoxy) is 1. The monoisotopic (exact) mass is 517 g/mol. The largest absolute Gasteiger partial charge is 0.497 e. The Kier molecular flexibility index (Phi) is 11.2. The van der Waals surface area contributed by atoms with E-state index in [1.54, 1.807) is 36.3 Å². The summed E-state index contributed by atoms with van der Waals surface area (Å²) >= 11 is 0. The second-order valence-corrected chi connectivity index (χ2v) is 10.8. The molecule has 0 aliphatic rings. The van der Waals surface area contributed by atoms with Gasteiger partial charge in [-0.3, -0.25) is 13.9 Å². The number of nitrogens with zero attached hydrogens (tertiary/aromatic N) is 2. The number of carbonyl (C=O) groups excluding carboxylic acids is 2. The highest BCUT2D eigenvalue weighted by atomic mass is 32.2. The molecule has 0 saturated heterocycles. The Labute approximate surface area is 215 Å². The minimum atomic E-state index is -3.55. The van der Waals surface area contributed by atoms with E-state index in [0.717, 1.165) is 23.8 Å². The van der Waals surface area contributed by atoms with Crippen LogP contribution in [0, 0.1) is 6.92 Å². The molecular weight excluding hydrogens is 478 g/mol. The van der Waals surface area contributed by atoms with Crippen molar-refractivity contribution in [2.24, 2.45) is 0 Å². The van der Waals surface area contributed by atoms with E-state index in [1.165, 1.54) is 4.31 Å². The number of aryl methyl sites for hydroxylation is 1. The van der Waals surface area contributed by atoms with Crippen molar-refractivity contribution in [2.45, 2.75) is 59.0 Å². The lowest BCUT2D eigenvalue weighted by atomic mass is 10.1. The fraction of sp³-hybridized carbons (Fsp3) is 0.481. The van der Waals surface area contributed by atoms with Gasteiger partial charge < -0.3 is 15.0 Å². The standard InChI is InChI=1S/C27H39N3O5S/c1-6-18-28-27(32)25(7-2)29(20-22-12-10-21(3)11-13-22)26(31)9-8-19-30(36(5,33)34)23-14-16-24(35-4)17-15-23/h10-17,25H,6-9,18-20H2,1-5H3,(H,28,32)/t25-/m0/s1. The molecule has 0 bridgehead atoms. The summed E-state index contributed by atoms with van der Waals surface area (Å²) in [6.07, 6.45) is 2.87. The summed E-state index contributed by atoms with van der Waals surface area (Å²) < 4.78 is 31.4. The number of anilines is 1. The van der Waals surface area contributed by atoms with Crippen LogP contribution in [0.1, 0.15) is 50.7 Å². The van der Waals surface area contributed by atoms with Crippen molar-refractivity contribution in [3.8, 4) is 5.75 Å². The summed E-state index contributed by atoms with van der Waals surface area (Å²) in [7, 11) is -2.00. The molecule has 0 spiro atoms. The number of carbonyl (C=O) groups is 2. The molecule has 2 amide bonds. The first-order valence-corrected chi connectivity index (χ1v) is 14.2. The highest BCUT2D eigenvalue weighted by molar-refractivity contribution is 7.92. The van der Waals surface area contributed by atoms with Crippen molar-refractivity contribution in [3.63, 3.8) is 0 Å². The number of methoxy groups -OCH3 is 1. The lowest BCUT2D eigenvalue weighted by Gasteiger charge is -2.31. The van der Waals surface area contributed by atoms with Gasteiger partial charge in [0.2, 0.25) is 21.8 Å². The molecule has 0 radical (unpaired) electrons. The van der Waals surface area contributed by atoms with Crippen LogP contribution in [0.2, 0.25) is 0 Å². The fourth-order valence-electron chi connectivity index (χ4n) is 3.93. The van der Waals surface area contributed by atoms with E-state index >= 15 is 0 Å². The Balaban J connectivity index is 2.18. The maximum Gasteiger partial charge on any atom is 0.242 e. The number of amides is 2. The quantitative estimate of drug-likeness (QED) is 0.410. The zero-order valence-electron chi connectivity index (χ0n) is 22.0. The van der Waals surface area contributed by atoms with Gasteiger partial charge in [-0.2, -0.15) is 0 Å². The van der Waals surface area contributed by atoms with Crippen LogP contribution in [0.3, 0.4) is 0 Å². The van der Waals surface area contributed by atoms with Gasteiger partial charge in [0.15, 0.2) is 0 Å². The maximum absolute atomic E-state index is 13.4. The summed E-state index contributed by atoms with van der Waals surface area (Å²) in [5.74, 6) is 0.272. The molecule has 0 unspecified atom stereocenters. The molecule has 0 aliphatic heterocycles. The van der Waals surface area contributed by atoms with Crippen molar-refractivity contribution in [1.82, 2.24) is 10.2 Å². The van der Waals surface area contributed by atoms with E-state index in [0.29, 0.717) is 37.4 Å². The number of nitrogens with one attached hydrogen (secondary N) is 1. The van der Waals surface area contributed by atoms with Gasteiger partial charge in [-0.05, 0) is 56.0 Å². The Bertz CT molecular complexity index is 1090. The van der Waals surface area contributed by atoms with E-state index in [1.807, 2.05) is 45.0 Å². The molecule has 1 N–H and O–H groups in total. The zero-order valence-corrected chi connectivity index (χ0v) is 22.8. The topological polar surface area (TPSA) is 96.0 Å². The Morgan fingerprint density at radius 1 is 1.03 bits per heavy atom. The lowest BCUT2D eigenvalue weighted by molar-refractivity contribution is -0.141. The predicted octanol–water partition coefficient (Wildman–Crippen LogP) is 3.88. The summed E-state index contributed by atoms with van der Waals surface area (Å²) in [5, 5.41) is 2.91. The first-order valence-electron chi connectivity index (χ1n) is 12.3. The van der Waals surface area contributed by atoms with Crippen LogP contribution >= 0.6 is 0 Å². The molecule has 36 heavy (non-hydrogen) atoms. The number of hydrogen-bond acceptors (Lipinski definition) is 5. The summed E-state index contributed by atoms with van der Waals surface area (Å²) in [4.78, 5) is 27.9. The molecule has 2 aromatic rings. The van der Waals surface area contributed by atoms with Crippen LogP contribution in [0.25, 0.3) is 0 Å². The minimum Gasteiger partial charge on any atom is -0.497 e. The van der Waals surface area contributed by atoms with Crippen LogP contribution in [0.5, 0.6) is 5.75 Å². The van der Waals surface area contributed by atoms with Crippen molar-refractivity contribution in [3.05, 3.63) is 59.7 Å². The van der Waals surface area contributed by atoms with Crippen LogP contribution in [-0.2, 0) is 26.2 Å². The first-order chi connectivity index (χ1) is 17.1. The van der Waals surface area contributed by atoms with Gasteiger partial charge in [-0.25, -0.2) is 8.42 Å². The summed E-state index contributed by atoms with van der Waals surface area (Å²) in [6.45, 7) is 6.87. The van der Waals surface area contributed by atoms with E-state index in [9.17, 15) is 18.0 Å². The van der Waals surface area contributed by atoms with Crippen LogP contribution in [0.4, 0.5) is 5.69 Å². The molecule has 0 aliphatic carbocycles. The second-order valence-electron chi connectivity index (χ2n) is 8.86. The van der Waals surface area contributed by atoms with E-state index < -0.39 is 16.1 Å². The molecule has 2 rings (SSSR count). The van der Waals surface area contributed by atoms with Crippen molar-refractivity contribution >= 4 is 27.5 Å². The van der Waals surface area contributed by atoms with Gasteiger partial charge >= 0.3 is 0 Å². The second kappa shape index (κ2) is 13.9. The van der Waals surface area contributed by atoms with Gasteiger partial charge in [-0.1, -0.05) is 43.7 Å². The van der Waals surface area contributed by atoms with Gasteiger partial charge in [0.05, 0.1) is 19.1 Å². The molecule has 8 nitrogen and oxygen atoms in total. The third kappa shape index (κ3) is 8.55. The van der Waals surface area contributed by atoms with Crippen LogP contribution in [-0.4, -0.2) is 57.6 Å². The van der Waals surface area contributed by atoms with Gasteiger partial charge in [-0.15, -0.1) is 0 Å². The lowest BCUT2D eigenvalue weighted by Crippen LogP contribution is -2.49. The van der Waals surface area contributed by atoms with Gasteiger partial charge in [0.1, 0.15) is 11.8 Å². The highest BCUT2D eigenvalue weighted by Crippen LogP contribution is 2.22. The Morgan fingerprint density at radius 3 is 2.19 bits per heavy atom. The van der Waals surface area contributed by atoms with Crippen molar-refractivity contribution in [2.75, 3.05) is 30.8 Å². The Morgan fingerprint density at radius 2 is 1.67 bits per heavy atom. The number of sulfonamides is 1. The molecule has 0 fully saturated rings. The molecule has 0 heterocycles. The van der Waals surface area contributed by atoms with E-state index in [4.69, 9.17) is 4.74 Å². The number of hydrogen-bond donors (Lipinski definition) is 1. The summed E-state index contributed by atoms with van der Waals surface area (Å²) in [6, 6.07) is 14.0. The average molecular weight is 518 g/mol. The fourth-order valence-corrected chi connectivity index (χ4v) is 4.89. The molecule has 9 heteroatoms. The van der Waals surface area contributed by atoms with Gasteiger partial charge in [0.25, 0.3) is 0 Å². The Hall–Kier alpha value is -3.07. The predicted molar refractivity (Wildman–Crippen MR) is 144 cm³/mol. The SMILES string of the molecule is CCCNC(=O)[C@H](CC)N(Cc1ccc(C)cc1)C(=O)CCCN(c1ccc(OC)cc1)S(C)(=O)=O. The van der Waals surface area contributed by atoms with Crippen molar-refractivity contribution in [1.29, 1.82) is 0 Å². The van der Waals surface area contributed by atoms with Gasteiger partial charge in [0, 0.05) is 26.1 Å². The smallest absolute Gasteiger partial charge is 0.242 e. The normalized spacial score (nSPS) is 12.0. The number of benzene rings is 2. The van der Waals surface area contributed by atoms with Crippen molar-refractivity contribution < 1.29 is 22.7 Å². The molecular formula is C27H39N3O5S. The zero-order chi connectivity index (χ0) is 26.7. The first kappa shape index (κ1) is 29.2. The summed E-state index contributed by atoms with van der Waals surface area (Å²) in [5.41, 5.74) is 2.56. The highest BCUT2D eigenvalue weighted by Gasteiger charge is 2.28. The third-order valence-electron chi connectivity index (χ3n) is 5.92. The molecule has 0 saturated carbocycles. The average Bonchev–Trinajstić information content (AvgIpc) is 2.85. The van der Waals surface area contributed by atoms with E-state index in [-0.39, 0.29) is 24.8 Å². The molecule has 0 aromatic heterocycles. The minimum absolute atomic E-state index is 0.117. The number of rotatable bonds is 14. The van der Waals surface area contributed by atoms with E-state index in [2.05, 4.69) is 5.32 Å². The molecule has 198 valence electrons. The molecule has 2 aromatic carbocycles. The van der Waals surface area contributed by atoms with Crippen LogP contribution in [0.15, 0.2) is 48.5 Å².